The molecule has 0 radical (unpaired) electrons. The fraction of sp³-hybridized carbons (Fsp3) is 0.167. The lowest BCUT2D eigenvalue weighted by atomic mass is 10.2. The maximum atomic E-state index is 12.0. The third-order valence-corrected chi connectivity index (χ3v) is 3.62. The van der Waals surface area contributed by atoms with Gasteiger partial charge in [0.25, 0.3) is 5.56 Å². The fourth-order valence-electron chi connectivity index (χ4n) is 2.38. The first-order valence-corrected chi connectivity index (χ1v) is 7.57. The molecule has 1 aromatic heterocycles. The van der Waals surface area contributed by atoms with Crippen LogP contribution in [0.2, 0.25) is 0 Å². The monoisotopic (exact) mass is 323 g/mol. The average molecular weight is 323 g/mol. The number of H-pyrrole nitrogens is 1. The highest BCUT2D eigenvalue weighted by atomic mass is 16.5. The summed E-state index contributed by atoms with van der Waals surface area (Å²) in [5, 5.41) is 3.35. The van der Waals surface area contributed by atoms with Gasteiger partial charge in [-0.05, 0) is 36.4 Å². The number of rotatable bonds is 5. The predicted octanol–water partition coefficient (Wildman–Crippen LogP) is 2.50. The van der Waals surface area contributed by atoms with Gasteiger partial charge >= 0.3 is 0 Å². The quantitative estimate of drug-likeness (QED) is 0.755. The molecule has 1 heterocycles. The number of amides is 1. The molecule has 2 aromatic carbocycles. The van der Waals surface area contributed by atoms with Crippen LogP contribution in [0.4, 0.5) is 5.69 Å². The van der Waals surface area contributed by atoms with Gasteiger partial charge in [0.1, 0.15) is 11.6 Å². The Balaban J connectivity index is 1.64. The number of hydrogen-bond acceptors (Lipinski definition) is 4. The van der Waals surface area contributed by atoms with Crippen molar-refractivity contribution < 1.29 is 9.53 Å². The highest BCUT2D eigenvalue weighted by Crippen LogP contribution is 2.15. The smallest absolute Gasteiger partial charge is 0.258 e. The molecule has 0 spiro atoms. The van der Waals surface area contributed by atoms with E-state index in [2.05, 4.69) is 15.3 Å². The Morgan fingerprint density at radius 1 is 1.17 bits per heavy atom. The van der Waals surface area contributed by atoms with Gasteiger partial charge in [0.05, 0.1) is 18.0 Å². The zero-order chi connectivity index (χ0) is 16.9. The number of carbonyl (C=O) groups is 1. The maximum Gasteiger partial charge on any atom is 0.258 e. The normalized spacial score (nSPS) is 10.5. The van der Waals surface area contributed by atoms with E-state index in [1.54, 1.807) is 49.6 Å². The zero-order valence-corrected chi connectivity index (χ0v) is 13.2. The molecule has 1 amide bonds. The van der Waals surface area contributed by atoms with E-state index >= 15 is 0 Å². The van der Waals surface area contributed by atoms with Crippen molar-refractivity contribution in [2.75, 3.05) is 12.4 Å². The van der Waals surface area contributed by atoms with Crippen molar-refractivity contribution in [3.05, 3.63) is 64.7 Å². The molecule has 0 aliphatic heterocycles. The van der Waals surface area contributed by atoms with Crippen LogP contribution in [0, 0.1) is 0 Å². The van der Waals surface area contributed by atoms with Crippen LogP contribution in [0.3, 0.4) is 0 Å². The Bertz CT molecular complexity index is 917. The Hall–Kier alpha value is -3.15. The number of hydrogen-bond donors (Lipinski definition) is 2. The molecule has 0 saturated carbocycles. The van der Waals surface area contributed by atoms with Gasteiger partial charge < -0.3 is 15.0 Å². The third kappa shape index (κ3) is 3.60. The second-order valence-corrected chi connectivity index (χ2v) is 5.31. The van der Waals surface area contributed by atoms with Crippen LogP contribution in [0.15, 0.2) is 53.3 Å². The van der Waals surface area contributed by atoms with Gasteiger partial charge in [-0.2, -0.15) is 0 Å². The Labute approximate surface area is 138 Å². The van der Waals surface area contributed by atoms with Crippen molar-refractivity contribution in [2.24, 2.45) is 0 Å². The number of carbonyl (C=O) groups excluding carboxylic acids is 1. The summed E-state index contributed by atoms with van der Waals surface area (Å²) in [5.41, 5.74) is 1.14. The summed E-state index contributed by atoms with van der Waals surface area (Å²) < 4.78 is 5.07. The minimum Gasteiger partial charge on any atom is -0.497 e. The molecular formula is C18H17N3O3. The highest BCUT2D eigenvalue weighted by molar-refractivity contribution is 5.90. The minimum atomic E-state index is -0.189. The van der Waals surface area contributed by atoms with Crippen molar-refractivity contribution in [2.45, 2.75) is 12.8 Å². The third-order valence-electron chi connectivity index (χ3n) is 3.62. The first-order chi connectivity index (χ1) is 11.7. The van der Waals surface area contributed by atoms with E-state index < -0.39 is 0 Å². The fourth-order valence-corrected chi connectivity index (χ4v) is 2.38. The first-order valence-electron chi connectivity index (χ1n) is 7.57. The second-order valence-electron chi connectivity index (χ2n) is 5.31. The molecular weight excluding hydrogens is 306 g/mol. The summed E-state index contributed by atoms with van der Waals surface area (Å²) in [4.78, 5) is 31.1. The highest BCUT2D eigenvalue weighted by Gasteiger charge is 2.07. The number of nitrogens with one attached hydrogen (secondary N) is 2. The number of aryl methyl sites for hydroxylation is 1. The molecule has 6 nitrogen and oxygen atoms in total. The van der Waals surface area contributed by atoms with Gasteiger partial charge in [-0.1, -0.05) is 12.1 Å². The van der Waals surface area contributed by atoms with Gasteiger partial charge in [-0.15, -0.1) is 0 Å². The maximum absolute atomic E-state index is 12.0. The molecule has 0 fully saturated rings. The lowest BCUT2D eigenvalue weighted by molar-refractivity contribution is -0.116. The number of methoxy groups -OCH3 is 1. The molecule has 0 aliphatic carbocycles. The molecule has 2 N–H and O–H groups in total. The molecule has 0 aliphatic rings. The number of fused-ring (bicyclic) bond motifs is 1. The predicted molar refractivity (Wildman–Crippen MR) is 92.3 cm³/mol. The lowest BCUT2D eigenvalue weighted by Crippen LogP contribution is -2.16. The van der Waals surface area contributed by atoms with E-state index in [9.17, 15) is 9.59 Å². The Kier molecular flexibility index (Phi) is 4.56. The number of anilines is 1. The molecule has 6 heteroatoms. The zero-order valence-electron chi connectivity index (χ0n) is 13.2. The summed E-state index contributed by atoms with van der Waals surface area (Å²) in [5.74, 6) is 1.09. The van der Waals surface area contributed by atoms with Crippen molar-refractivity contribution in [1.29, 1.82) is 0 Å². The molecule has 0 saturated heterocycles. The van der Waals surface area contributed by atoms with E-state index in [1.807, 2.05) is 6.07 Å². The SMILES string of the molecule is COc1ccc(NC(=O)CCc2nc3ccccc3c(=O)[nH]2)cc1. The first kappa shape index (κ1) is 15.7. The molecule has 122 valence electrons. The number of nitrogens with zero attached hydrogens (tertiary/aromatic N) is 1. The Morgan fingerprint density at radius 3 is 2.67 bits per heavy atom. The van der Waals surface area contributed by atoms with Crippen molar-refractivity contribution in [3.8, 4) is 5.75 Å². The molecule has 3 rings (SSSR count). The summed E-state index contributed by atoms with van der Waals surface area (Å²) in [6, 6.07) is 14.2. The van der Waals surface area contributed by atoms with E-state index in [0.29, 0.717) is 28.8 Å². The number of para-hydroxylation sites is 1. The summed E-state index contributed by atoms with van der Waals surface area (Å²) in [7, 11) is 1.59. The van der Waals surface area contributed by atoms with E-state index in [0.717, 1.165) is 5.75 Å². The molecule has 24 heavy (non-hydrogen) atoms. The average Bonchev–Trinajstić information content (AvgIpc) is 2.61. The van der Waals surface area contributed by atoms with Crippen LogP contribution < -0.4 is 15.6 Å². The van der Waals surface area contributed by atoms with Gasteiger partial charge in [-0.25, -0.2) is 4.98 Å². The number of ether oxygens (including phenoxy) is 1. The largest absolute Gasteiger partial charge is 0.497 e. The van der Waals surface area contributed by atoms with Gasteiger partial charge in [0, 0.05) is 18.5 Å². The molecule has 0 unspecified atom stereocenters. The van der Waals surface area contributed by atoms with Crippen LogP contribution in [-0.2, 0) is 11.2 Å². The van der Waals surface area contributed by atoms with Crippen LogP contribution in [0.1, 0.15) is 12.2 Å². The Morgan fingerprint density at radius 2 is 1.92 bits per heavy atom. The molecule has 0 bridgehead atoms. The molecule has 3 aromatic rings. The standard InChI is InChI=1S/C18H17N3O3/c1-24-13-8-6-12(7-9-13)19-17(22)11-10-16-20-15-5-3-2-4-14(15)18(23)21-16/h2-9H,10-11H2,1H3,(H,19,22)(H,20,21,23). The van der Waals surface area contributed by atoms with Crippen molar-refractivity contribution >= 4 is 22.5 Å². The summed E-state index contributed by atoms with van der Waals surface area (Å²) in [6.07, 6.45) is 0.593. The van der Waals surface area contributed by atoms with Crippen LogP contribution in [0.25, 0.3) is 10.9 Å². The van der Waals surface area contributed by atoms with Crippen LogP contribution in [-0.4, -0.2) is 23.0 Å². The van der Waals surface area contributed by atoms with E-state index in [4.69, 9.17) is 4.74 Å². The van der Waals surface area contributed by atoms with Gasteiger partial charge in [-0.3, -0.25) is 9.59 Å². The van der Waals surface area contributed by atoms with E-state index in [-0.39, 0.29) is 17.9 Å². The van der Waals surface area contributed by atoms with Crippen LogP contribution in [0.5, 0.6) is 5.75 Å². The van der Waals surface area contributed by atoms with Crippen molar-refractivity contribution in [1.82, 2.24) is 9.97 Å². The van der Waals surface area contributed by atoms with Gasteiger partial charge in [0.2, 0.25) is 5.91 Å². The number of aromatic nitrogens is 2. The van der Waals surface area contributed by atoms with Crippen LogP contribution >= 0.6 is 0 Å². The van der Waals surface area contributed by atoms with Crippen molar-refractivity contribution in [3.63, 3.8) is 0 Å². The summed E-state index contributed by atoms with van der Waals surface area (Å²) >= 11 is 0. The summed E-state index contributed by atoms with van der Waals surface area (Å²) in [6.45, 7) is 0. The topological polar surface area (TPSA) is 84.1 Å². The lowest BCUT2D eigenvalue weighted by Gasteiger charge is -2.06. The molecule has 0 atom stereocenters. The minimum absolute atomic E-state index is 0.143. The second kappa shape index (κ2) is 6.95. The number of benzene rings is 2. The van der Waals surface area contributed by atoms with E-state index in [1.165, 1.54) is 0 Å². The van der Waals surface area contributed by atoms with Gasteiger partial charge in [0.15, 0.2) is 0 Å². The number of aromatic amines is 1.